The number of nitrogens with one attached hydrogen (secondary N) is 2. The van der Waals surface area contributed by atoms with Crippen LogP contribution in [0.2, 0.25) is 0 Å². The lowest BCUT2D eigenvalue weighted by Crippen LogP contribution is -2.50. The number of hydrogen-bond acceptors (Lipinski definition) is 6. The molecule has 0 radical (unpaired) electrons. The molecular formula is C16H29IN6O3. The van der Waals surface area contributed by atoms with Crippen molar-refractivity contribution in [3.05, 3.63) is 11.7 Å². The van der Waals surface area contributed by atoms with Crippen LogP contribution in [0.15, 0.2) is 9.52 Å². The molecule has 1 amide bonds. The van der Waals surface area contributed by atoms with E-state index in [4.69, 9.17) is 9.26 Å². The molecule has 2 N–H and O–H groups in total. The van der Waals surface area contributed by atoms with E-state index in [1.807, 2.05) is 13.8 Å². The molecule has 1 aromatic heterocycles. The van der Waals surface area contributed by atoms with Crippen molar-refractivity contribution in [1.29, 1.82) is 0 Å². The van der Waals surface area contributed by atoms with Crippen molar-refractivity contribution in [2.75, 3.05) is 33.3 Å². The van der Waals surface area contributed by atoms with Gasteiger partial charge < -0.3 is 24.8 Å². The van der Waals surface area contributed by atoms with Gasteiger partial charge >= 0.3 is 6.09 Å². The zero-order valence-electron chi connectivity index (χ0n) is 15.7. The number of aliphatic imine (C=N–C) groups is 1. The number of aryl methyl sites for hydroxylation is 2. The molecule has 1 fully saturated rings. The third kappa shape index (κ3) is 7.34. The Hall–Kier alpha value is -1.59. The second kappa shape index (κ2) is 11.9. The summed E-state index contributed by atoms with van der Waals surface area (Å²) in [5.74, 6) is 2.10. The van der Waals surface area contributed by atoms with Crippen molar-refractivity contribution < 1.29 is 14.1 Å². The van der Waals surface area contributed by atoms with Crippen molar-refractivity contribution >= 4 is 36.0 Å². The van der Waals surface area contributed by atoms with Crippen molar-refractivity contribution in [2.45, 2.75) is 45.6 Å². The summed E-state index contributed by atoms with van der Waals surface area (Å²) in [4.78, 5) is 21.9. The molecule has 0 atom stereocenters. The fraction of sp³-hybridized carbons (Fsp3) is 0.750. The predicted octanol–water partition coefficient (Wildman–Crippen LogP) is 1.71. The lowest BCUT2D eigenvalue weighted by atomic mass is 10.1. The lowest BCUT2D eigenvalue weighted by Gasteiger charge is -2.32. The molecule has 9 nitrogen and oxygen atoms in total. The van der Waals surface area contributed by atoms with Crippen LogP contribution in [0.5, 0.6) is 0 Å². The summed E-state index contributed by atoms with van der Waals surface area (Å²) in [5, 5.41) is 10.5. The van der Waals surface area contributed by atoms with Crippen LogP contribution in [0.1, 0.15) is 37.9 Å². The molecule has 0 spiro atoms. The SMILES string of the molecule is CCOC(=O)N1CCC(NC(=NC)NCCCc2nc(C)no2)CC1.I. The number of carbonyl (C=O) groups is 1. The fourth-order valence-corrected chi connectivity index (χ4v) is 2.70. The van der Waals surface area contributed by atoms with Gasteiger partial charge in [-0.2, -0.15) is 4.98 Å². The van der Waals surface area contributed by atoms with Crippen LogP contribution in [-0.4, -0.2) is 66.4 Å². The molecule has 2 rings (SSSR count). The number of carbonyl (C=O) groups excluding carboxylic acids is 1. The Labute approximate surface area is 171 Å². The molecule has 0 saturated carbocycles. The summed E-state index contributed by atoms with van der Waals surface area (Å²) in [6.07, 6.45) is 3.15. The van der Waals surface area contributed by atoms with Crippen molar-refractivity contribution in [1.82, 2.24) is 25.7 Å². The number of piperidine rings is 1. The van der Waals surface area contributed by atoms with E-state index in [9.17, 15) is 4.79 Å². The van der Waals surface area contributed by atoms with Gasteiger partial charge in [0, 0.05) is 39.1 Å². The third-order valence-electron chi connectivity index (χ3n) is 4.01. The summed E-state index contributed by atoms with van der Waals surface area (Å²) in [5.41, 5.74) is 0. The molecule has 10 heteroatoms. The van der Waals surface area contributed by atoms with Gasteiger partial charge in [0.1, 0.15) is 0 Å². The standard InChI is InChI=1S/C16H28N6O3.HI/c1-4-24-16(23)22-10-7-13(8-11-22)20-15(17-3)18-9-5-6-14-19-12(2)21-25-14;/h13H,4-11H2,1-3H3,(H2,17,18,20);1H. The lowest BCUT2D eigenvalue weighted by molar-refractivity contribution is 0.0963. The average Bonchev–Trinajstić information content (AvgIpc) is 3.03. The van der Waals surface area contributed by atoms with Crippen LogP contribution >= 0.6 is 24.0 Å². The van der Waals surface area contributed by atoms with Crippen molar-refractivity contribution in [2.24, 2.45) is 4.99 Å². The molecule has 1 saturated heterocycles. The second-order valence-electron chi connectivity index (χ2n) is 5.94. The Balaban J connectivity index is 0.00000338. The minimum Gasteiger partial charge on any atom is -0.450 e. The number of aromatic nitrogens is 2. The van der Waals surface area contributed by atoms with Gasteiger partial charge in [0.25, 0.3) is 0 Å². The van der Waals surface area contributed by atoms with Gasteiger partial charge in [-0.15, -0.1) is 24.0 Å². The van der Waals surface area contributed by atoms with Crippen LogP contribution in [0.25, 0.3) is 0 Å². The van der Waals surface area contributed by atoms with E-state index in [0.29, 0.717) is 37.5 Å². The predicted molar refractivity (Wildman–Crippen MR) is 109 cm³/mol. The Morgan fingerprint density at radius 3 is 2.73 bits per heavy atom. The molecule has 1 aliphatic rings. The first-order valence-corrected chi connectivity index (χ1v) is 8.80. The normalized spacial score (nSPS) is 15.3. The first kappa shape index (κ1) is 22.5. The van der Waals surface area contributed by atoms with E-state index in [0.717, 1.165) is 38.2 Å². The highest BCUT2D eigenvalue weighted by Crippen LogP contribution is 2.11. The molecule has 0 aromatic carbocycles. The van der Waals surface area contributed by atoms with Crippen LogP contribution in [0.3, 0.4) is 0 Å². The zero-order valence-corrected chi connectivity index (χ0v) is 18.0. The number of ether oxygens (including phenoxy) is 1. The quantitative estimate of drug-likeness (QED) is 0.277. The van der Waals surface area contributed by atoms with Crippen LogP contribution < -0.4 is 10.6 Å². The topological polar surface area (TPSA) is 105 Å². The molecular weight excluding hydrogens is 451 g/mol. The van der Waals surface area contributed by atoms with Crippen LogP contribution in [0, 0.1) is 6.92 Å². The van der Waals surface area contributed by atoms with Gasteiger partial charge in [0.05, 0.1) is 6.61 Å². The van der Waals surface area contributed by atoms with E-state index in [2.05, 4.69) is 25.8 Å². The summed E-state index contributed by atoms with van der Waals surface area (Å²) in [7, 11) is 1.75. The van der Waals surface area contributed by atoms with E-state index < -0.39 is 0 Å². The Morgan fingerprint density at radius 2 is 2.15 bits per heavy atom. The molecule has 26 heavy (non-hydrogen) atoms. The van der Waals surface area contributed by atoms with Crippen molar-refractivity contribution in [3.63, 3.8) is 0 Å². The highest BCUT2D eigenvalue weighted by Gasteiger charge is 2.23. The largest absolute Gasteiger partial charge is 0.450 e. The number of halogens is 1. The highest BCUT2D eigenvalue weighted by molar-refractivity contribution is 14.0. The van der Waals surface area contributed by atoms with Gasteiger partial charge in [-0.25, -0.2) is 4.79 Å². The maximum Gasteiger partial charge on any atom is 0.409 e. The molecule has 148 valence electrons. The highest BCUT2D eigenvalue weighted by atomic mass is 127. The maximum atomic E-state index is 11.7. The fourth-order valence-electron chi connectivity index (χ4n) is 2.70. The average molecular weight is 480 g/mol. The van der Waals surface area contributed by atoms with Gasteiger partial charge in [-0.3, -0.25) is 4.99 Å². The van der Waals surface area contributed by atoms with E-state index >= 15 is 0 Å². The number of hydrogen-bond donors (Lipinski definition) is 2. The maximum absolute atomic E-state index is 11.7. The molecule has 2 heterocycles. The number of amides is 1. The van der Waals surface area contributed by atoms with E-state index in [1.165, 1.54) is 0 Å². The number of nitrogens with zero attached hydrogens (tertiary/aromatic N) is 4. The monoisotopic (exact) mass is 480 g/mol. The minimum absolute atomic E-state index is 0. The minimum atomic E-state index is -0.222. The summed E-state index contributed by atoms with van der Waals surface area (Å²) < 4.78 is 10.1. The zero-order chi connectivity index (χ0) is 18.1. The molecule has 1 aliphatic heterocycles. The molecule has 0 bridgehead atoms. The Bertz CT molecular complexity index is 572. The smallest absolute Gasteiger partial charge is 0.409 e. The van der Waals surface area contributed by atoms with Gasteiger partial charge in [-0.05, 0) is 33.1 Å². The third-order valence-corrected chi connectivity index (χ3v) is 4.01. The Morgan fingerprint density at radius 1 is 1.42 bits per heavy atom. The summed E-state index contributed by atoms with van der Waals surface area (Å²) in [6, 6.07) is 0.301. The molecule has 0 unspecified atom stereocenters. The first-order chi connectivity index (χ1) is 12.1. The second-order valence-corrected chi connectivity index (χ2v) is 5.94. The van der Waals surface area contributed by atoms with Crippen LogP contribution in [-0.2, 0) is 11.2 Å². The summed E-state index contributed by atoms with van der Waals surface area (Å²) in [6.45, 7) is 6.21. The van der Waals surface area contributed by atoms with Gasteiger partial charge in [0.15, 0.2) is 11.8 Å². The number of likely N-dealkylation sites (tertiary alicyclic amines) is 1. The van der Waals surface area contributed by atoms with Gasteiger partial charge in [0.2, 0.25) is 5.89 Å². The number of rotatable bonds is 6. The van der Waals surface area contributed by atoms with E-state index in [1.54, 1.807) is 11.9 Å². The van der Waals surface area contributed by atoms with Gasteiger partial charge in [-0.1, -0.05) is 5.16 Å². The Kier molecular flexibility index (Phi) is 10.3. The van der Waals surface area contributed by atoms with E-state index in [-0.39, 0.29) is 30.1 Å². The molecule has 0 aliphatic carbocycles. The number of guanidine groups is 1. The van der Waals surface area contributed by atoms with Crippen LogP contribution in [0.4, 0.5) is 4.79 Å². The summed E-state index contributed by atoms with van der Waals surface area (Å²) >= 11 is 0. The molecule has 1 aromatic rings. The van der Waals surface area contributed by atoms with Crippen molar-refractivity contribution in [3.8, 4) is 0 Å². The first-order valence-electron chi connectivity index (χ1n) is 8.80.